The number of hydrogen-bond acceptors (Lipinski definition) is 4. The standard InChI is InChI=1S/C16H20F3N5O/c1-11(2)9-14(25)22-5-7-23(8-6-22)15-21-20-13-4-3-12(10-24(13)15)16(17,18)19/h3-4,10-11H,5-9H2,1-2H3. The number of carbonyl (C=O) groups excluding carboxylic acids is 1. The second-order valence-corrected chi connectivity index (χ2v) is 6.61. The number of aromatic nitrogens is 3. The van der Waals surface area contributed by atoms with E-state index in [0.717, 1.165) is 12.3 Å². The second kappa shape index (κ2) is 6.53. The first-order valence-electron chi connectivity index (χ1n) is 8.20. The van der Waals surface area contributed by atoms with Crippen LogP contribution in [0.2, 0.25) is 0 Å². The molecule has 1 amide bonds. The molecule has 2 aromatic rings. The molecule has 3 heterocycles. The van der Waals surface area contributed by atoms with Gasteiger partial charge in [0.25, 0.3) is 0 Å². The van der Waals surface area contributed by atoms with Crippen molar-refractivity contribution in [3.63, 3.8) is 0 Å². The lowest BCUT2D eigenvalue weighted by Crippen LogP contribution is -2.49. The maximum Gasteiger partial charge on any atom is 0.417 e. The predicted molar refractivity (Wildman–Crippen MR) is 86.2 cm³/mol. The number of alkyl halides is 3. The van der Waals surface area contributed by atoms with Gasteiger partial charge in [-0.25, -0.2) is 0 Å². The van der Waals surface area contributed by atoms with E-state index in [1.54, 1.807) is 4.90 Å². The van der Waals surface area contributed by atoms with E-state index in [-0.39, 0.29) is 5.91 Å². The number of carbonyl (C=O) groups is 1. The first-order chi connectivity index (χ1) is 11.8. The summed E-state index contributed by atoms with van der Waals surface area (Å²) in [6.45, 7) is 6.07. The van der Waals surface area contributed by atoms with Gasteiger partial charge in [-0.1, -0.05) is 13.8 Å². The molecule has 0 aromatic carbocycles. The lowest BCUT2D eigenvalue weighted by Gasteiger charge is -2.35. The van der Waals surface area contributed by atoms with E-state index < -0.39 is 11.7 Å². The van der Waals surface area contributed by atoms with Gasteiger partial charge in [-0.05, 0) is 18.1 Å². The maximum absolute atomic E-state index is 12.9. The second-order valence-electron chi connectivity index (χ2n) is 6.61. The molecule has 0 bridgehead atoms. The summed E-state index contributed by atoms with van der Waals surface area (Å²) in [6, 6.07) is 2.30. The summed E-state index contributed by atoms with van der Waals surface area (Å²) in [5.74, 6) is 0.781. The molecule has 0 unspecified atom stereocenters. The predicted octanol–water partition coefficient (Wildman–Crippen LogP) is 2.44. The highest BCUT2D eigenvalue weighted by atomic mass is 19.4. The lowest BCUT2D eigenvalue weighted by atomic mass is 10.1. The maximum atomic E-state index is 12.9. The first kappa shape index (κ1) is 17.5. The Morgan fingerprint density at radius 2 is 1.84 bits per heavy atom. The minimum atomic E-state index is -4.42. The number of pyridine rings is 1. The van der Waals surface area contributed by atoms with Crippen LogP contribution >= 0.6 is 0 Å². The van der Waals surface area contributed by atoms with E-state index >= 15 is 0 Å². The monoisotopic (exact) mass is 355 g/mol. The highest BCUT2D eigenvalue weighted by Crippen LogP contribution is 2.30. The zero-order valence-electron chi connectivity index (χ0n) is 14.1. The molecule has 0 saturated carbocycles. The normalized spacial score (nSPS) is 16.1. The van der Waals surface area contributed by atoms with Gasteiger partial charge < -0.3 is 9.80 Å². The van der Waals surface area contributed by atoms with Gasteiger partial charge in [0.1, 0.15) is 0 Å². The van der Waals surface area contributed by atoms with Crippen LogP contribution in [0, 0.1) is 5.92 Å². The van der Waals surface area contributed by atoms with Gasteiger partial charge in [0.2, 0.25) is 11.9 Å². The summed E-state index contributed by atoms with van der Waals surface area (Å²) in [6.07, 6.45) is -2.90. The van der Waals surface area contributed by atoms with Crippen LogP contribution < -0.4 is 4.90 Å². The van der Waals surface area contributed by atoms with Crippen molar-refractivity contribution in [3.8, 4) is 0 Å². The molecule has 136 valence electrons. The van der Waals surface area contributed by atoms with Crippen LogP contribution in [-0.4, -0.2) is 51.6 Å². The van der Waals surface area contributed by atoms with Crippen LogP contribution in [0.3, 0.4) is 0 Å². The Kier molecular flexibility index (Phi) is 4.57. The quantitative estimate of drug-likeness (QED) is 0.849. The molecule has 1 aliphatic heterocycles. The Hall–Kier alpha value is -2.32. The molecule has 6 nitrogen and oxygen atoms in total. The smallest absolute Gasteiger partial charge is 0.339 e. The molecule has 0 radical (unpaired) electrons. The van der Waals surface area contributed by atoms with Crippen LogP contribution in [-0.2, 0) is 11.0 Å². The molecule has 2 aromatic heterocycles. The largest absolute Gasteiger partial charge is 0.417 e. The highest BCUT2D eigenvalue weighted by Gasteiger charge is 2.32. The molecule has 0 atom stereocenters. The Balaban J connectivity index is 1.76. The van der Waals surface area contributed by atoms with Crippen molar-refractivity contribution in [1.29, 1.82) is 0 Å². The van der Waals surface area contributed by atoms with E-state index in [1.807, 2.05) is 18.7 Å². The van der Waals surface area contributed by atoms with Gasteiger partial charge in [0.05, 0.1) is 5.56 Å². The Bertz CT molecular complexity index is 763. The van der Waals surface area contributed by atoms with Gasteiger partial charge in [0, 0.05) is 38.8 Å². The summed E-state index contributed by atoms with van der Waals surface area (Å²) >= 11 is 0. The van der Waals surface area contributed by atoms with Gasteiger partial charge in [-0.15, -0.1) is 10.2 Å². The third-order valence-corrected chi connectivity index (χ3v) is 4.21. The van der Waals surface area contributed by atoms with Crippen molar-refractivity contribution < 1.29 is 18.0 Å². The van der Waals surface area contributed by atoms with Crippen LogP contribution in [0.5, 0.6) is 0 Å². The number of anilines is 1. The molecule has 0 spiro atoms. The number of piperazine rings is 1. The van der Waals surface area contributed by atoms with Crippen molar-refractivity contribution in [2.24, 2.45) is 5.92 Å². The van der Waals surface area contributed by atoms with Crippen molar-refractivity contribution in [3.05, 3.63) is 23.9 Å². The summed E-state index contributed by atoms with van der Waals surface area (Å²) in [5, 5.41) is 7.96. The summed E-state index contributed by atoms with van der Waals surface area (Å²) in [7, 11) is 0. The Morgan fingerprint density at radius 1 is 1.16 bits per heavy atom. The number of amides is 1. The summed E-state index contributed by atoms with van der Waals surface area (Å²) in [5.41, 5.74) is -0.381. The third kappa shape index (κ3) is 3.69. The molecule has 3 rings (SSSR count). The first-order valence-corrected chi connectivity index (χ1v) is 8.20. The van der Waals surface area contributed by atoms with E-state index in [9.17, 15) is 18.0 Å². The molecule has 9 heteroatoms. The minimum Gasteiger partial charge on any atom is -0.339 e. The van der Waals surface area contributed by atoms with Gasteiger partial charge in [-0.3, -0.25) is 9.20 Å². The van der Waals surface area contributed by atoms with Crippen LogP contribution in [0.4, 0.5) is 19.1 Å². The van der Waals surface area contributed by atoms with Crippen LogP contribution in [0.1, 0.15) is 25.8 Å². The zero-order chi connectivity index (χ0) is 18.2. The topological polar surface area (TPSA) is 53.7 Å². The van der Waals surface area contributed by atoms with Crippen molar-refractivity contribution in [1.82, 2.24) is 19.5 Å². The van der Waals surface area contributed by atoms with Crippen LogP contribution in [0.15, 0.2) is 18.3 Å². The number of hydrogen-bond donors (Lipinski definition) is 0. The Morgan fingerprint density at radius 3 is 2.44 bits per heavy atom. The van der Waals surface area contributed by atoms with Crippen molar-refractivity contribution in [2.45, 2.75) is 26.4 Å². The average Bonchev–Trinajstić information content (AvgIpc) is 2.96. The van der Waals surface area contributed by atoms with Crippen LogP contribution in [0.25, 0.3) is 5.65 Å². The SMILES string of the molecule is CC(C)CC(=O)N1CCN(c2nnc3ccc(C(F)(F)F)cn23)CC1. The molecule has 0 aliphatic carbocycles. The number of rotatable bonds is 3. The fraction of sp³-hybridized carbons (Fsp3) is 0.562. The Labute approximate surface area is 143 Å². The third-order valence-electron chi connectivity index (χ3n) is 4.21. The van der Waals surface area contributed by atoms with E-state index in [2.05, 4.69) is 10.2 Å². The van der Waals surface area contributed by atoms with Gasteiger partial charge >= 0.3 is 6.18 Å². The number of fused-ring (bicyclic) bond motifs is 1. The molecule has 1 aliphatic rings. The lowest BCUT2D eigenvalue weighted by molar-refractivity contribution is -0.138. The molecule has 0 N–H and O–H groups in total. The number of nitrogens with zero attached hydrogens (tertiary/aromatic N) is 5. The van der Waals surface area contributed by atoms with Crippen molar-refractivity contribution >= 4 is 17.5 Å². The average molecular weight is 355 g/mol. The van der Waals surface area contributed by atoms with E-state index in [0.29, 0.717) is 50.1 Å². The summed E-state index contributed by atoms with van der Waals surface area (Å²) < 4.78 is 40.1. The molecule has 25 heavy (non-hydrogen) atoms. The van der Waals surface area contributed by atoms with Crippen molar-refractivity contribution in [2.75, 3.05) is 31.1 Å². The van der Waals surface area contributed by atoms with Gasteiger partial charge in [0.15, 0.2) is 5.65 Å². The molecular formula is C16H20F3N5O. The number of halogens is 3. The molecular weight excluding hydrogens is 335 g/mol. The molecule has 1 fully saturated rings. The van der Waals surface area contributed by atoms with Gasteiger partial charge in [-0.2, -0.15) is 13.2 Å². The minimum absolute atomic E-state index is 0.111. The highest BCUT2D eigenvalue weighted by molar-refractivity contribution is 5.76. The fourth-order valence-corrected chi connectivity index (χ4v) is 2.90. The zero-order valence-corrected chi connectivity index (χ0v) is 14.1. The van der Waals surface area contributed by atoms with E-state index in [4.69, 9.17) is 0 Å². The summed E-state index contributed by atoms with van der Waals surface area (Å²) in [4.78, 5) is 15.8. The fourth-order valence-electron chi connectivity index (χ4n) is 2.90. The van der Waals surface area contributed by atoms with E-state index in [1.165, 1.54) is 10.5 Å². The molecule has 1 saturated heterocycles.